The molecular formula is C16H15BrN4O. The molecule has 6 heteroatoms. The summed E-state index contributed by atoms with van der Waals surface area (Å²) in [7, 11) is 0. The summed E-state index contributed by atoms with van der Waals surface area (Å²) in [6.07, 6.45) is -0.120. The highest BCUT2D eigenvalue weighted by Gasteiger charge is 2.26. The zero-order valence-electron chi connectivity index (χ0n) is 11.7. The summed E-state index contributed by atoms with van der Waals surface area (Å²) >= 11 is 3.12. The first-order chi connectivity index (χ1) is 10.5. The summed E-state index contributed by atoms with van der Waals surface area (Å²) in [5.41, 5.74) is 9.55. The van der Waals surface area contributed by atoms with Crippen LogP contribution in [0.4, 0.5) is 17.1 Å². The average molecular weight is 359 g/mol. The van der Waals surface area contributed by atoms with Gasteiger partial charge in [0.15, 0.2) is 11.9 Å². The van der Waals surface area contributed by atoms with E-state index >= 15 is 0 Å². The van der Waals surface area contributed by atoms with E-state index in [2.05, 4.69) is 26.6 Å². The molecule has 0 fully saturated rings. The topological polar surface area (TPSA) is 91.0 Å². The number of nitrogens with one attached hydrogen (secondary N) is 3. The van der Waals surface area contributed by atoms with Crippen LogP contribution in [-0.2, 0) is 11.2 Å². The Labute approximate surface area is 136 Å². The Hall–Kier alpha value is -2.34. The summed E-state index contributed by atoms with van der Waals surface area (Å²) < 4.78 is 0.216. The maximum atomic E-state index is 12.4. The fourth-order valence-corrected chi connectivity index (χ4v) is 2.80. The van der Waals surface area contributed by atoms with Crippen molar-refractivity contribution in [2.45, 2.75) is 12.6 Å². The number of carbonyl (C=O) groups excluding carboxylic acids is 1. The Morgan fingerprint density at radius 3 is 2.45 bits per heavy atom. The second-order valence-electron chi connectivity index (χ2n) is 5.15. The minimum atomic E-state index is -0.477. The van der Waals surface area contributed by atoms with E-state index in [4.69, 9.17) is 11.1 Å². The number of ketones is 1. The Morgan fingerprint density at radius 1 is 1.18 bits per heavy atom. The van der Waals surface area contributed by atoms with Gasteiger partial charge in [0.05, 0.1) is 11.4 Å². The molecule has 2 aromatic carbocycles. The summed E-state index contributed by atoms with van der Waals surface area (Å²) in [5, 5.41) is 13.9. The second kappa shape index (κ2) is 5.81. The van der Waals surface area contributed by atoms with Gasteiger partial charge in [0.1, 0.15) is 4.62 Å². The summed E-state index contributed by atoms with van der Waals surface area (Å²) in [6, 6.07) is 13.1. The summed E-state index contributed by atoms with van der Waals surface area (Å²) in [6.45, 7) is 0. The second-order valence-corrected chi connectivity index (χ2v) is 5.94. The normalized spacial score (nSPS) is 15.6. The molecule has 1 heterocycles. The maximum absolute atomic E-state index is 12.4. The lowest BCUT2D eigenvalue weighted by Crippen LogP contribution is -2.33. The smallest absolute Gasteiger partial charge is 0.179 e. The van der Waals surface area contributed by atoms with Gasteiger partial charge in [0, 0.05) is 17.7 Å². The summed E-state index contributed by atoms with van der Waals surface area (Å²) in [5.74, 6) is 0.0523. The van der Waals surface area contributed by atoms with Crippen molar-refractivity contribution < 1.29 is 4.79 Å². The van der Waals surface area contributed by atoms with Gasteiger partial charge in [0.2, 0.25) is 0 Å². The number of anilines is 3. The maximum Gasteiger partial charge on any atom is 0.179 e. The third-order valence-electron chi connectivity index (χ3n) is 3.57. The molecule has 0 aliphatic carbocycles. The average Bonchev–Trinajstić information content (AvgIpc) is 2.90. The number of hydrogen-bond acceptors (Lipinski definition) is 5. The van der Waals surface area contributed by atoms with Crippen molar-refractivity contribution in [1.82, 2.24) is 0 Å². The molecule has 0 spiro atoms. The Kier molecular flexibility index (Phi) is 3.85. The molecule has 5 nitrogen and oxygen atoms in total. The van der Waals surface area contributed by atoms with Crippen LogP contribution in [0.25, 0.3) is 0 Å². The van der Waals surface area contributed by atoms with Gasteiger partial charge in [0.25, 0.3) is 0 Å². The molecule has 2 aromatic rings. The number of benzene rings is 2. The molecule has 1 aliphatic heterocycles. The van der Waals surface area contributed by atoms with Gasteiger partial charge in [-0.15, -0.1) is 0 Å². The first-order valence-corrected chi connectivity index (χ1v) is 7.61. The highest BCUT2D eigenvalue weighted by atomic mass is 79.9. The minimum absolute atomic E-state index is 0.0523. The molecule has 0 aromatic heterocycles. The predicted molar refractivity (Wildman–Crippen MR) is 92.8 cm³/mol. The monoisotopic (exact) mass is 358 g/mol. The van der Waals surface area contributed by atoms with E-state index < -0.39 is 6.17 Å². The van der Waals surface area contributed by atoms with Crippen molar-refractivity contribution in [3.63, 3.8) is 0 Å². The molecule has 0 radical (unpaired) electrons. The number of nitrogens with two attached hydrogens (primary N) is 1. The van der Waals surface area contributed by atoms with E-state index in [0.717, 1.165) is 16.9 Å². The van der Waals surface area contributed by atoms with Crippen LogP contribution >= 0.6 is 15.9 Å². The standard InChI is InChI=1S/C16H15BrN4O/c17-15(19)10-7-12-13(8-11(10)18)21-16(20-12)14(22)6-9-4-2-1-3-5-9/h1-5,7-8,16,19-21H,6,18H2. The van der Waals surface area contributed by atoms with Crippen molar-refractivity contribution in [2.24, 2.45) is 0 Å². The first kappa shape index (κ1) is 14.6. The van der Waals surface area contributed by atoms with Crippen LogP contribution < -0.4 is 16.4 Å². The highest BCUT2D eigenvalue weighted by molar-refractivity contribution is 9.18. The van der Waals surface area contributed by atoms with Crippen molar-refractivity contribution in [3.8, 4) is 0 Å². The predicted octanol–water partition coefficient (Wildman–Crippen LogP) is 2.96. The third-order valence-corrected chi connectivity index (χ3v) is 4.00. The molecule has 112 valence electrons. The van der Waals surface area contributed by atoms with Crippen LogP contribution in [0.2, 0.25) is 0 Å². The van der Waals surface area contributed by atoms with Crippen molar-refractivity contribution in [2.75, 3.05) is 16.4 Å². The van der Waals surface area contributed by atoms with E-state index in [0.29, 0.717) is 17.7 Å². The van der Waals surface area contributed by atoms with Crippen LogP contribution in [0.3, 0.4) is 0 Å². The highest BCUT2D eigenvalue weighted by Crippen LogP contribution is 2.34. The van der Waals surface area contributed by atoms with Crippen LogP contribution in [0.5, 0.6) is 0 Å². The van der Waals surface area contributed by atoms with Gasteiger partial charge in [-0.25, -0.2) is 0 Å². The summed E-state index contributed by atoms with van der Waals surface area (Å²) in [4.78, 5) is 12.4. The number of rotatable bonds is 4. The minimum Gasteiger partial charge on any atom is -0.398 e. The Bertz CT molecular complexity index is 745. The van der Waals surface area contributed by atoms with E-state index in [1.54, 1.807) is 12.1 Å². The molecule has 0 saturated heterocycles. The number of nitrogen functional groups attached to an aromatic ring is 1. The molecule has 3 rings (SSSR count). The van der Waals surface area contributed by atoms with Gasteiger partial charge >= 0.3 is 0 Å². The molecule has 5 N–H and O–H groups in total. The first-order valence-electron chi connectivity index (χ1n) is 6.82. The molecule has 0 bridgehead atoms. The number of Topliss-reactive ketones (excluding diaryl/α,β-unsaturated/α-hetero) is 1. The zero-order valence-corrected chi connectivity index (χ0v) is 13.3. The lowest BCUT2D eigenvalue weighted by molar-refractivity contribution is -0.118. The van der Waals surface area contributed by atoms with Crippen LogP contribution in [0.1, 0.15) is 11.1 Å². The van der Waals surface area contributed by atoms with E-state index in [1.807, 2.05) is 30.3 Å². The largest absolute Gasteiger partial charge is 0.398 e. The lowest BCUT2D eigenvalue weighted by atomic mass is 10.1. The van der Waals surface area contributed by atoms with Crippen molar-refractivity contribution in [1.29, 1.82) is 5.41 Å². The fourth-order valence-electron chi connectivity index (χ4n) is 2.45. The quantitative estimate of drug-likeness (QED) is 0.499. The van der Waals surface area contributed by atoms with E-state index in [1.165, 1.54) is 0 Å². The van der Waals surface area contributed by atoms with E-state index in [9.17, 15) is 4.79 Å². The van der Waals surface area contributed by atoms with Crippen LogP contribution in [-0.4, -0.2) is 16.6 Å². The SMILES string of the molecule is N=C(Br)c1cc2c(cc1N)NC(C(=O)Cc1ccccc1)N2. The molecule has 1 unspecified atom stereocenters. The van der Waals surface area contributed by atoms with Gasteiger partial charge in [-0.2, -0.15) is 0 Å². The molecule has 22 heavy (non-hydrogen) atoms. The van der Waals surface area contributed by atoms with Crippen molar-refractivity contribution >= 4 is 43.4 Å². The molecule has 0 amide bonds. The Balaban J connectivity index is 1.77. The van der Waals surface area contributed by atoms with Gasteiger partial charge < -0.3 is 16.4 Å². The van der Waals surface area contributed by atoms with E-state index in [-0.39, 0.29) is 10.4 Å². The third kappa shape index (κ3) is 2.82. The molecule has 1 aliphatic rings. The lowest BCUT2D eigenvalue weighted by Gasteiger charge is -2.10. The zero-order chi connectivity index (χ0) is 15.7. The van der Waals surface area contributed by atoms with Gasteiger partial charge in [-0.05, 0) is 33.6 Å². The molecule has 0 saturated carbocycles. The number of halogens is 1. The number of carbonyl (C=O) groups is 1. The molecule has 1 atom stereocenters. The Morgan fingerprint density at radius 2 is 1.82 bits per heavy atom. The molecular weight excluding hydrogens is 344 g/mol. The van der Waals surface area contributed by atoms with Crippen LogP contribution in [0, 0.1) is 5.41 Å². The van der Waals surface area contributed by atoms with Gasteiger partial charge in [-0.3, -0.25) is 10.2 Å². The van der Waals surface area contributed by atoms with Crippen LogP contribution in [0.15, 0.2) is 42.5 Å². The van der Waals surface area contributed by atoms with Crippen molar-refractivity contribution in [3.05, 3.63) is 53.6 Å². The number of fused-ring (bicyclic) bond motifs is 1. The fraction of sp³-hybridized carbons (Fsp3) is 0.125. The van der Waals surface area contributed by atoms with Gasteiger partial charge in [-0.1, -0.05) is 30.3 Å². The number of hydrogen-bond donors (Lipinski definition) is 4.